The van der Waals surface area contributed by atoms with E-state index in [1.165, 1.54) is 51.4 Å². The fraction of sp³-hybridized carbons (Fsp3) is 0.900. The van der Waals surface area contributed by atoms with Crippen molar-refractivity contribution in [2.75, 3.05) is 13.7 Å². The quantitative estimate of drug-likeness (QED) is 0.194. The number of hydrogen-bond donors (Lipinski definition) is 0. The predicted octanol–water partition coefficient (Wildman–Crippen LogP) is 7.38. The molecule has 0 aromatic carbocycles. The van der Waals surface area contributed by atoms with Crippen LogP contribution in [0, 0.1) is 5.92 Å². The van der Waals surface area contributed by atoms with Crippen LogP contribution < -0.4 is 0 Å². The van der Waals surface area contributed by atoms with Crippen molar-refractivity contribution in [3.8, 4) is 0 Å². The summed E-state index contributed by atoms with van der Waals surface area (Å²) >= 11 is 6.50. The molecule has 0 radical (unpaired) electrons. The van der Waals surface area contributed by atoms with Gasteiger partial charge >= 0.3 is 0 Å². The standard InChI is InChI=1S/C16H33ClO.C4H8/c1-5-6-7-8-9-10-12-15(16(2,3)17)13-11-14-18-4;1-3-4-2/h15H,5-14H2,1-4H3;3H,1,4H2,2H3. The first-order chi connectivity index (χ1) is 10.4. The van der Waals surface area contributed by atoms with Gasteiger partial charge in [-0.2, -0.15) is 0 Å². The zero-order valence-corrected chi connectivity index (χ0v) is 16.7. The largest absolute Gasteiger partial charge is 0.385 e. The molecule has 0 spiro atoms. The molecule has 0 N–H and O–H groups in total. The maximum atomic E-state index is 6.50. The van der Waals surface area contributed by atoms with Crippen LogP contribution in [0.1, 0.15) is 91.9 Å². The Morgan fingerprint density at radius 3 is 1.95 bits per heavy atom. The third kappa shape index (κ3) is 18.0. The average Bonchev–Trinajstić information content (AvgIpc) is 2.48. The lowest BCUT2D eigenvalue weighted by molar-refractivity contribution is 0.181. The van der Waals surface area contributed by atoms with E-state index in [0.717, 1.165) is 19.4 Å². The highest BCUT2D eigenvalue weighted by Gasteiger charge is 2.25. The molecule has 0 saturated heterocycles. The summed E-state index contributed by atoms with van der Waals surface area (Å²) in [6.45, 7) is 13.0. The van der Waals surface area contributed by atoms with Gasteiger partial charge in [-0.3, -0.25) is 0 Å². The Kier molecular flexibility index (Phi) is 19.1. The molecule has 1 unspecified atom stereocenters. The van der Waals surface area contributed by atoms with Gasteiger partial charge in [-0.1, -0.05) is 58.4 Å². The lowest BCUT2D eigenvalue weighted by Crippen LogP contribution is -2.25. The monoisotopic (exact) mass is 332 g/mol. The first-order valence-corrected chi connectivity index (χ1v) is 9.60. The van der Waals surface area contributed by atoms with Crippen LogP contribution in [0.5, 0.6) is 0 Å². The summed E-state index contributed by atoms with van der Waals surface area (Å²) in [7, 11) is 1.77. The zero-order valence-electron chi connectivity index (χ0n) is 15.9. The molecule has 0 aliphatic rings. The van der Waals surface area contributed by atoms with E-state index < -0.39 is 0 Å². The van der Waals surface area contributed by atoms with Gasteiger partial charge in [0.1, 0.15) is 0 Å². The first-order valence-electron chi connectivity index (χ1n) is 9.22. The Morgan fingerprint density at radius 1 is 1.00 bits per heavy atom. The van der Waals surface area contributed by atoms with Crippen molar-refractivity contribution in [3.05, 3.63) is 12.7 Å². The highest BCUT2D eigenvalue weighted by atomic mass is 35.5. The van der Waals surface area contributed by atoms with Crippen LogP contribution in [-0.2, 0) is 4.74 Å². The molecule has 134 valence electrons. The molecule has 22 heavy (non-hydrogen) atoms. The average molecular weight is 333 g/mol. The summed E-state index contributed by atoms with van der Waals surface area (Å²) in [5.41, 5.74) is 0. The molecule has 0 aliphatic heterocycles. The SMILES string of the molecule is C=CCC.CCCCCCCCC(CCCOC)C(C)(C)Cl. The minimum Gasteiger partial charge on any atom is -0.385 e. The van der Waals surface area contributed by atoms with Crippen molar-refractivity contribution in [2.45, 2.75) is 96.8 Å². The molecular weight excluding hydrogens is 292 g/mol. The molecule has 1 nitrogen and oxygen atoms in total. The molecule has 0 aromatic rings. The van der Waals surface area contributed by atoms with Crippen LogP contribution in [-0.4, -0.2) is 18.6 Å². The highest BCUT2D eigenvalue weighted by molar-refractivity contribution is 6.23. The fourth-order valence-corrected chi connectivity index (χ4v) is 2.69. The molecule has 0 aromatic heterocycles. The topological polar surface area (TPSA) is 9.23 Å². The minimum atomic E-state index is -0.0723. The molecule has 0 bridgehead atoms. The van der Waals surface area contributed by atoms with Crippen molar-refractivity contribution in [2.24, 2.45) is 5.92 Å². The Hall–Kier alpha value is -0.0100. The van der Waals surface area contributed by atoms with E-state index in [0.29, 0.717) is 5.92 Å². The number of hydrogen-bond acceptors (Lipinski definition) is 1. The Bertz CT molecular complexity index is 220. The Morgan fingerprint density at radius 2 is 1.50 bits per heavy atom. The molecule has 0 heterocycles. The van der Waals surface area contributed by atoms with Crippen LogP contribution in [0.4, 0.5) is 0 Å². The summed E-state index contributed by atoms with van der Waals surface area (Å²) in [4.78, 5) is -0.0723. The molecule has 0 saturated carbocycles. The van der Waals surface area contributed by atoms with E-state index in [9.17, 15) is 0 Å². The smallest absolute Gasteiger partial charge is 0.0462 e. The zero-order chi connectivity index (χ0) is 17.3. The van der Waals surface area contributed by atoms with E-state index in [2.05, 4.69) is 34.3 Å². The highest BCUT2D eigenvalue weighted by Crippen LogP contribution is 2.32. The van der Waals surface area contributed by atoms with E-state index in [1.54, 1.807) is 7.11 Å². The summed E-state index contributed by atoms with van der Waals surface area (Å²) in [6.07, 6.45) is 14.8. The normalized spacial score (nSPS) is 12.5. The van der Waals surface area contributed by atoms with Crippen LogP contribution >= 0.6 is 11.6 Å². The predicted molar refractivity (Wildman–Crippen MR) is 103 cm³/mol. The first kappa shape index (κ1) is 24.2. The second kappa shape index (κ2) is 17.3. The van der Waals surface area contributed by atoms with Gasteiger partial charge in [0, 0.05) is 18.6 Å². The Balaban J connectivity index is 0. The molecule has 0 aliphatic carbocycles. The van der Waals surface area contributed by atoms with Crippen LogP contribution in [0.15, 0.2) is 12.7 Å². The van der Waals surface area contributed by atoms with Gasteiger partial charge in [0.05, 0.1) is 0 Å². The molecule has 1 atom stereocenters. The van der Waals surface area contributed by atoms with Crippen molar-refractivity contribution in [1.29, 1.82) is 0 Å². The second-order valence-corrected chi connectivity index (χ2v) is 7.62. The maximum absolute atomic E-state index is 6.50. The second-order valence-electron chi connectivity index (χ2n) is 6.65. The summed E-state index contributed by atoms with van der Waals surface area (Å²) in [5, 5.41) is 0. The van der Waals surface area contributed by atoms with Gasteiger partial charge in [-0.15, -0.1) is 18.2 Å². The summed E-state index contributed by atoms with van der Waals surface area (Å²) < 4.78 is 5.13. The van der Waals surface area contributed by atoms with Gasteiger partial charge < -0.3 is 4.74 Å². The van der Waals surface area contributed by atoms with E-state index in [-0.39, 0.29) is 4.87 Å². The van der Waals surface area contributed by atoms with E-state index >= 15 is 0 Å². The van der Waals surface area contributed by atoms with Crippen molar-refractivity contribution >= 4 is 11.6 Å². The molecule has 2 heteroatoms. The number of allylic oxidation sites excluding steroid dienone is 1. The van der Waals surface area contributed by atoms with Crippen molar-refractivity contribution < 1.29 is 4.74 Å². The maximum Gasteiger partial charge on any atom is 0.0462 e. The van der Waals surface area contributed by atoms with Crippen molar-refractivity contribution in [1.82, 2.24) is 0 Å². The van der Waals surface area contributed by atoms with Crippen LogP contribution in [0.3, 0.4) is 0 Å². The van der Waals surface area contributed by atoms with Crippen molar-refractivity contribution in [3.63, 3.8) is 0 Å². The number of methoxy groups -OCH3 is 1. The molecular formula is C20H41ClO. The Labute approximate surface area is 145 Å². The minimum absolute atomic E-state index is 0.0723. The summed E-state index contributed by atoms with van der Waals surface area (Å²) in [5.74, 6) is 0.625. The van der Waals surface area contributed by atoms with Crippen LogP contribution in [0.25, 0.3) is 0 Å². The van der Waals surface area contributed by atoms with E-state index in [1.807, 2.05) is 6.08 Å². The van der Waals surface area contributed by atoms with E-state index in [4.69, 9.17) is 16.3 Å². The van der Waals surface area contributed by atoms with Gasteiger partial charge in [0.2, 0.25) is 0 Å². The van der Waals surface area contributed by atoms with Gasteiger partial charge in [0.25, 0.3) is 0 Å². The lowest BCUT2D eigenvalue weighted by atomic mass is 9.85. The number of ether oxygens (including phenoxy) is 1. The van der Waals surface area contributed by atoms with Gasteiger partial charge in [-0.05, 0) is 45.4 Å². The molecule has 0 amide bonds. The lowest BCUT2D eigenvalue weighted by Gasteiger charge is -2.28. The van der Waals surface area contributed by atoms with Gasteiger partial charge in [0.15, 0.2) is 0 Å². The fourth-order valence-electron chi connectivity index (χ4n) is 2.48. The molecule has 0 fully saturated rings. The summed E-state index contributed by atoms with van der Waals surface area (Å²) in [6, 6.07) is 0. The number of unbranched alkanes of at least 4 members (excludes halogenated alkanes) is 5. The number of alkyl halides is 1. The van der Waals surface area contributed by atoms with Gasteiger partial charge in [-0.25, -0.2) is 0 Å². The third-order valence-corrected chi connectivity index (χ3v) is 4.38. The number of rotatable bonds is 13. The molecule has 0 rings (SSSR count). The number of halogens is 1. The van der Waals surface area contributed by atoms with Crippen LogP contribution in [0.2, 0.25) is 0 Å². The third-order valence-electron chi connectivity index (χ3n) is 4.07.